The summed E-state index contributed by atoms with van der Waals surface area (Å²) in [5.41, 5.74) is -2.74. The van der Waals surface area contributed by atoms with Gasteiger partial charge in [0.25, 0.3) is 5.92 Å². The monoisotopic (exact) mass is 280 g/mol. The van der Waals surface area contributed by atoms with Gasteiger partial charge in [0.15, 0.2) is 5.69 Å². The number of halogens is 5. The molecule has 1 atom stereocenters. The van der Waals surface area contributed by atoms with Gasteiger partial charge >= 0.3 is 6.18 Å². The van der Waals surface area contributed by atoms with Crippen molar-refractivity contribution in [1.82, 2.24) is 9.78 Å². The van der Waals surface area contributed by atoms with E-state index in [0.717, 1.165) is 6.08 Å². The molecule has 0 fully saturated rings. The average Bonchev–Trinajstić information content (AvgIpc) is 2.75. The van der Waals surface area contributed by atoms with Crippen LogP contribution in [0.15, 0.2) is 12.7 Å². The van der Waals surface area contributed by atoms with Crippen molar-refractivity contribution in [1.29, 1.82) is 0 Å². The number of nitrogens with zero attached hydrogens (tertiary/aromatic N) is 2. The van der Waals surface area contributed by atoms with Crippen LogP contribution in [0, 0.1) is 5.92 Å². The van der Waals surface area contributed by atoms with E-state index in [1.807, 2.05) is 0 Å². The van der Waals surface area contributed by atoms with Crippen LogP contribution in [0.4, 0.5) is 22.0 Å². The third kappa shape index (κ3) is 1.95. The molecule has 0 amide bonds. The summed E-state index contributed by atoms with van der Waals surface area (Å²) >= 11 is 0. The van der Waals surface area contributed by atoms with Crippen molar-refractivity contribution in [3.63, 3.8) is 0 Å². The lowest BCUT2D eigenvalue weighted by molar-refractivity contribution is -0.142. The fraction of sp³-hybridized carbons (Fsp3) is 0.455. The fourth-order valence-corrected chi connectivity index (χ4v) is 2.25. The van der Waals surface area contributed by atoms with Crippen molar-refractivity contribution in [3.05, 3.63) is 29.6 Å². The lowest BCUT2D eigenvalue weighted by Gasteiger charge is -2.17. The Labute approximate surface area is 104 Å². The van der Waals surface area contributed by atoms with Crippen LogP contribution in [0.1, 0.15) is 17.0 Å². The minimum Gasteiger partial charge on any atom is -0.301 e. The highest BCUT2D eigenvalue weighted by Gasteiger charge is 2.54. The molecule has 3 nitrogen and oxygen atoms in total. The van der Waals surface area contributed by atoms with Crippen LogP contribution in [-0.4, -0.2) is 16.1 Å². The summed E-state index contributed by atoms with van der Waals surface area (Å²) in [6.45, 7) is 2.57. The minimum absolute atomic E-state index is 0.227. The number of alkyl halides is 5. The predicted molar refractivity (Wildman–Crippen MR) is 54.6 cm³/mol. The molecule has 1 aromatic heterocycles. The Balaban J connectivity index is 2.65. The van der Waals surface area contributed by atoms with Gasteiger partial charge in [-0.3, -0.25) is 4.68 Å². The van der Waals surface area contributed by atoms with Crippen LogP contribution >= 0.6 is 0 Å². The maximum Gasteiger partial charge on any atom is 0.435 e. The number of carbonyl (C=O) groups is 1. The average molecular weight is 280 g/mol. The Bertz CT molecular complexity index is 532. The van der Waals surface area contributed by atoms with Crippen molar-refractivity contribution in [3.8, 4) is 0 Å². The van der Waals surface area contributed by atoms with Gasteiger partial charge < -0.3 is 4.79 Å². The van der Waals surface area contributed by atoms with Crippen LogP contribution in [0.5, 0.6) is 0 Å². The molecule has 0 radical (unpaired) electrons. The highest BCUT2D eigenvalue weighted by molar-refractivity contribution is 5.50. The van der Waals surface area contributed by atoms with E-state index in [9.17, 15) is 26.7 Å². The topological polar surface area (TPSA) is 34.9 Å². The van der Waals surface area contributed by atoms with E-state index in [-0.39, 0.29) is 6.29 Å². The Morgan fingerprint density at radius 3 is 2.58 bits per heavy atom. The molecule has 0 aliphatic heterocycles. The van der Waals surface area contributed by atoms with E-state index in [2.05, 4.69) is 11.7 Å². The van der Waals surface area contributed by atoms with E-state index < -0.39 is 47.9 Å². The largest absolute Gasteiger partial charge is 0.435 e. The van der Waals surface area contributed by atoms with E-state index in [1.54, 1.807) is 0 Å². The second-order valence-electron chi connectivity index (χ2n) is 4.19. The summed E-state index contributed by atoms with van der Waals surface area (Å²) in [5.74, 6) is -4.92. The van der Waals surface area contributed by atoms with Gasteiger partial charge in [-0.05, 0) is 6.42 Å². The fourth-order valence-electron chi connectivity index (χ4n) is 2.25. The zero-order chi connectivity index (χ0) is 14.4. The zero-order valence-electron chi connectivity index (χ0n) is 9.55. The number of hydrogen-bond acceptors (Lipinski definition) is 2. The predicted octanol–water partition coefficient (Wildman–Crippen LogP) is 2.55. The first-order valence-corrected chi connectivity index (χ1v) is 5.34. The minimum atomic E-state index is -4.83. The van der Waals surface area contributed by atoms with E-state index >= 15 is 0 Å². The molecule has 8 heteroatoms. The number of aldehydes is 1. The molecular formula is C11H9F5N2O. The lowest BCUT2D eigenvalue weighted by atomic mass is 10.0. The van der Waals surface area contributed by atoms with E-state index in [0.29, 0.717) is 4.68 Å². The smallest absolute Gasteiger partial charge is 0.301 e. The number of fused-ring (bicyclic) bond motifs is 1. The molecule has 1 aliphatic carbocycles. The summed E-state index contributed by atoms with van der Waals surface area (Å²) in [4.78, 5) is 10.4. The molecule has 0 saturated carbocycles. The Morgan fingerprint density at radius 2 is 2.11 bits per heavy atom. The molecule has 1 aromatic rings. The van der Waals surface area contributed by atoms with Gasteiger partial charge in [0.05, 0.1) is 12.5 Å². The van der Waals surface area contributed by atoms with Gasteiger partial charge in [-0.2, -0.15) is 27.1 Å². The summed E-state index contributed by atoms with van der Waals surface area (Å²) in [7, 11) is 0. The molecule has 0 saturated heterocycles. The third-order valence-electron chi connectivity index (χ3n) is 3.06. The molecular weight excluding hydrogens is 271 g/mol. The molecule has 0 aromatic carbocycles. The maximum atomic E-state index is 14.0. The highest BCUT2D eigenvalue weighted by Crippen LogP contribution is 2.49. The molecule has 1 heterocycles. The molecule has 104 valence electrons. The van der Waals surface area contributed by atoms with Crippen LogP contribution < -0.4 is 0 Å². The first-order chi connectivity index (χ1) is 8.73. The first-order valence-electron chi connectivity index (χ1n) is 5.34. The summed E-state index contributed by atoms with van der Waals surface area (Å²) < 4.78 is 66.6. The van der Waals surface area contributed by atoms with E-state index in [4.69, 9.17) is 0 Å². The number of hydrogen-bond donors (Lipinski definition) is 0. The van der Waals surface area contributed by atoms with Gasteiger partial charge in [-0.15, -0.1) is 6.58 Å². The van der Waals surface area contributed by atoms with Gasteiger partial charge in [0.2, 0.25) is 0 Å². The second-order valence-corrected chi connectivity index (χ2v) is 4.19. The summed E-state index contributed by atoms with van der Waals surface area (Å²) in [6, 6.07) is 0. The molecule has 0 N–H and O–H groups in total. The van der Waals surface area contributed by atoms with Crippen molar-refractivity contribution in [2.24, 2.45) is 5.92 Å². The standard InChI is InChI=1S/C11H9F5N2O/c1-2-6-5-7-8(11(14,15)16)17-18(3-4-19)9(7)10(6,12)13/h2,4,6H,1,3,5H2. The molecule has 19 heavy (non-hydrogen) atoms. The van der Waals surface area contributed by atoms with Gasteiger partial charge in [-0.1, -0.05) is 6.08 Å². The molecule has 1 unspecified atom stereocenters. The maximum absolute atomic E-state index is 14.0. The van der Waals surface area contributed by atoms with Gasteiger partial charge in [0, 0.05) is 5.56 Å². The van der Waals surface area contributed by atoms with Crippen molar-refractivity contribution in [2.75, 3.05) is 0 Å². The highest BCUT2D eigenvalue weighted by atomic mass is 19.4. The van der Waals surface area contributed by atoms with Crippen molar-refractivity contribution < 1.29 is 26.7 Å². The van der Waals surface area contributed by atoms with Crippen LogP contribution in [0.2, 0.25) is 0 Å². The van der Waals surface area contributed by atoms with Crippen LogP contribution in [0.25, 0.3) is 0 Å². The van der Waals surface area contributed by atoms with Crippen LogP contribution in [0.3, 0.4) is 0 Å². The van der Waals surface area contributed by atoms with Crippen LogP contribution in [-0.2, 0) is 29.9 Å². The van der Waals surface area contributed by atoms with Gasteiger partial charge in [0.1, 0.15) is 12.0 Å². The molecule has 0 spiro atoms. The first kappa shape index (κ1) is 13.7. The van der Waals surface area contributed by atoms with Crippen molar-refractivity contribution >= 4 is 6.29 Å². The number of aromatic nitrogens is 2. The Hall–Kier alpha value is -1.73. The molecule has 0 bridgehead atoms. The molecule has 1 aliphatic rings. The SMILES string of the molecule is C=CC1Cc2c(C(F)(F)F)nn(CC=O)c2C1(F)F. The Morgan fingerprint density at radius 1 is 1.47 bits per heavy atom. The quantitative estimate of drug-likeness (QED) is 0.484. The Kier molecular flexibility index (Phi) is 2.98. The number of rotatable bonds is 3. The normalized spacial score (nSPS) is 21.2. The number of carbonyl (C=O) groups excluding carboxylic acids is 1. The summed E-state index contributed by atoms with van der Waals surface area (Å²) in [6.07, 6.45) is -4.17. The number of allylic oxidation sites excluding steroid dienone is 1. The second kappa shape index (κ2) is 4.14. The molecule has 2 rings (SSSR count). The lowest BCUT2D eigenvalue weighted by Crippen LogP contribution is -2.24. The third-order valence-corrected chi connectivity index (χ3v) is 3.06. The summed E-state index contributed by atoms with van der Waals surface area (Å²) in [5, 5.41) is 3.10. The van der Waals surface area contributed by atoms with Crippen molar-refractivity contribution in [2.45, 2.75) is 25.1 Å². The zero-order valence-corrected chi connectivity index (χ0v) is 9.55. The van der Waals surface area contributed by atoms with Gasteiger partial charge in [-0.25, -0.2) is 0 Å². The van der Waals surface area contributed by atoms with E-state index in [1.165, 1.54) is 0 Å².